The first-order valence-corrected chi connectivity index (χ1v) is 5.99. The number of furan rings is 1. The van der Waals surface area contributed by atoms with Crippen LogP contribution >= 0.6 is 15.9 Å². The lowest BCUT2D eigenvalue weighted by Crippen LogP contribution is -2.05. The molecule has 0 saturated carbocycles. The molecule has 0 spiro atoms. The van der Waals surface area contributed by atoms with Crippen LogP contribution < -0.4 is 5.32 Å². The number of hydrogen-bond acceptors (Lipinski definition) is 3. The fraction of sp³-hybridized carbons (Fsp3) is 0.154. The lowest BCUT2D eigenvalue weighted by Gasteiger charge is -2.13. The highest BCUT2D eigenvalue weighted by Crippen LogP contribution is 2.23. The van der Waals surface area contributed by atoms with E-state index in [1.807, 2.05) is 31.2 Å². The molecule has 0 radical (unpaired) electrons. The Bertz CT molecular complexity index is 543. The molecule has 2 aromatic rings. The van der Waals surface area contributed by atoms with E-state index < -0.39 is 0 Å². The Labute approximate surface area is 108 Å². The first kappa shape index (κ1) is 11.7. The fourth-order valence-corrected chi connectivity index (χ4v) is 2.09. The van der Waals surface area contributed by atoms with Gasteiger partial charge in [0.15, 0.2) is 0 Å². The summed E-state index contributed by atoms with van der Waals surface area (Å²) in [7, 11) is 0. The number of anilines is 1. The maximum Gasteiger partial charge on any atom is 0.125 e. The molecule has 1 heterocycles. The van der Waals surface area contributed by atoms with E-state index >= 15 is 0 Å². The van der Waals surface area contributed by atoms with E-state index in [9.17, 15) is 0 Å². The average molecular weight is 291 g/mol. The van der Waals surface area contributed by atoms with Crippen LogP contribution in [0.1, 0.15) is 24.3 Å². The van der Waals surface area contributed by atoms with Gasteiger partial charge < -0.3 is 9.73 Å². The Kier molecular flexibility index (Phi) is 3.50. The molecule has 2 rings (SSSR count). The summed E-state index contributed by atoms with van der Waals surface area (Å²) < 4.78 is 6.20. The first-order chi connectivity index (χ1) is 8.19. The highest BCUT2D eigenvalue weighted by atomic mass is 79.9. The summed E-state index contributed by atoms with van der Waals surface area (Å²) in [6, 6.07) is 11.5. The van der Waals surface area contributed by atoms with E-state index in [0.29, 0.717) is 5.56 Å². The molecule has 0 bridgehead atoms. The van der Waals surface area contributed by atoms with Gasteiger partial charge in [0.05, 0.1) is 23.9 Å². The summed E-state index contributed by atoms with van der Waals surface area (Å²) in [6.45, 7) is 2.01. The second kappa shape index (κ2) is 5.07. The fourth-order valence-electron chi connectivity index (χ4n) is 1.60. The standard InChI is InChI=1S/C13H11BrN2O/c1-9(13-3-2-4-17-13)16-12-6-10(8-15)5-11(14)7-12/h2-7,9,16H,1H3. The summed E-state index contributed by atoms with van der Waals surface area (Å²) in [6.07, 6.45) is 1.65. The van der Waals surface area contributed by atoms with Crippen LogP contribution in [-0.4, -0.2) is 0 Å². The summed E-state index contributed by atoms with van der Waals surface area (Å²) in [5.41, 5.74) is 1.51. The largest absolute Gasteiger partial charge is 0.467 e. The molecule has 1 atom stereocenters. The Morgan fingerprint density at radius 2 is 2.24 bits per heavy atom. The van der Waals surface area contributed by atoms with Gasteiger partial charge in [-0.05, 0) is 37.3 Å². The SMILES string of the molecule is CC(Nc1cc(Br)cc(C#N)c1)c1ccco1. The quantitative estimate of drug-likeness (QED) is 0.926. The maximum atomic E-state index is 8.89. The second-order valence-electron chi connectivity index (χ2n) is 3.72. The van der Waals surface area contributed by atoms with Crippen LogP contribution in [0.4, 0.5) is 5.69 Å². The van der Waals surface area contributed by atoms with Gasteiger partial charge in [0.1, 0.15) is 5.76 Å². The Morgan fingerprint density at radius 3 is 2.88 bits per heavy atom. The number of nitrogens with one attached hydrogen (secondary N) is 1. The molecular weight excluding hydrogens is 280 g/mol. The van der Waals surface area contributed by atoms with E-state index in [4.69, 9.17) is 9.68 Å². The van der Waals surface area contributed by atoms with Crippen molar-refractivity contribution in [3.63, 3.8) is 0 Å². The lowest BCUT2D eigenvalue weighted by atomic mass is 10.2. The van der Waals surface area contributed by atoms with Gasteiger partial charge in [-0.3, -0.25) is 0 Å². The number of nitrogens with zero attached hydrogens (tertiary/aromatic N) is 1. The zero-order chi connectivity index (χ0) is 12.3. The lowest BCUT2D eigenvalue weighted by molar-refractivity contribution is 0.490. The monoisotopic (exact) mass is 290 g/mol. The molecule has 1 aromatic carbocycles. The molecule has 0 aliphatic heterocycles. The zero-order valence-electron chi connectivity index (χ0n) is 9.27. The van der Waals surface area contributed by atoms with Gasteiger partial charge in [0.2, 0.25) is 0 Å². The molecule has 1 aromatic heterocycles. The van der Waals surface area contributed by atoms with Crippen LogP contribution in [0.2, 0.25) is 0 Å². The average Bonchev–Trinajstić information content (AvgIpc) is 2.81. The van der Waals surface area contributed by atoms with Crippen LogP contribution in [0.5, 0.6) is 0 Å². The molecule has 86 valence electrons. The molecule has 0 aliphatic rings. The van der Waals surface area contributed by atoms with Crippen molar-refractivity contribution in [2.45, 2.75) is 13.0 Å². The van der Waals surface area contributed by atoms with Crippen molar-refractivity contribution in [1.29, 1.82) is 5.26 Å². The third-order valence-corrected chi connectivity index (χ3v) is 2.84. The highest BCUT2D eigenvalue weighted by Gasteiger charge is 2.08. The second-order valence-corrected chi connectivity index (χ2v) is 4.64. The molecule has 17 heavy (non-hydrogen) atoms. The van der Waals surface area contributed by atoms with Gasteiger partial charge >= 0.3 is 0 Å². The maximum absolute atomic E-state index is 8.89. The van der Waals surface area contributed by atoms with Gasteiger partial charge in [0.25, 0.3) is 0 Å². The van der Waals surface area contributed by atoms with Gasteiger partial charge in [-0.2, -0.15) is 5.26 Å². The molecule has 0 amide bonds. The summed E-state index contributed by atoms with van der Waals surface area (Å²) in [5.74, 6) is 0.864. The van der Waals surface area contributed by atoms with E-state index in [1.165, 1.54) is 0 Å². The number of halogens is 1. The van der Waals surface area contributed by atoms with Crippen molar-refractivity contribution < 1.29 is 4.42 Å². The Balaban J connectivity index is 2.19. The van der Waals surface area contributed by atoms with Crippen LogP contribution in [0.3, 0.4) is 0 Å². The normalized spacial score (nSPS) is 11.8. The summed E-state index contributed by atoms with van der Waals surface area (Å²) in [4.78, 5) is 0. The van der Waals surface area contributed by atoms with E-state index in [1.54, 1.807) is 12.3 Å². The van der Waals surface area contributed by atoms with Crippen LogP contribution in [0.15, 0.2) is 45.5 Å². The predicted molar refractivity (Wildman–Crippen MR) is 69.6 cm³/mol. The van der Waals surface area contributed by atoms with Crippen LogP contribution in [0.25, 0.3) is 0 Å². The minimum atomic E-state index is 0.0610. The van der Waals surface area contributed by atoms with Gasteiger partial charge in [0, 0.05) is 10.2 Å². The third kappa shape index (κ3) is 2.89. The van der Waals surface area contributed by atoms with E-state index in [-0.39, 0.29) is 6.04 Å². The van der Waals surface area contributed by atoms with Crippen molar-refractivity contribution in [2.24, 2.45) is 0 Å². The Morgan fingerprint density at radius 1 is 1.41 bits per heavy atom. The topological polar surface area (TPSA) is 49.0 Å². The molecular formula is C13H11BrN2O. The molecule has 0 fully saturated rings. The van der Waals surface area contributed by atoms with Gasteiger partial charge in [-0.15, -0.1) is 0 Å². The number of rotatable bonds is 3. The minimum absolute atomic E-state index is 0.0610. The van der Waals surface area contributed by atoms with Crippen molar-refractivity contribution >= 4 is 21.6 Å². The number of benzene rings is 1. The van der Waals surface area contributed by atoms with Gasteiger partial charge in [-0.25, -0.2) is 0 Å². The van der Waals surface area contributed by atoms with Gasteiger partial charge in [-0.1, -0.05) is 15.9 Å². The predicted octanol–water partition coefficient (Wildman–Crippen LogP) is 4.09. The number of hydrogen-bond donors (Lipinski definition) is 1. The third-order valence-electron chi connectivity index (χ3n) is 2.38. The van der Waals surface area contributed by atoms with Crippen molar-refractivity contribution in [1.82, 2.24) is 0 Å². The van der Waals surface area contributed by atoms with E-state index in [2.05, 4.69) is 27.3 Å². The zero-order valence-corrected chi connectivity index (χ0v) is 10.9. The molecule has 3 nitrogen and oxygen atoms in total. The minimum Gasteiger partial charge on any atom is -0.467 e. The van der Waals surface area contributed by atoms with Crippen LogP contribution in [0, 0.1) is 11.3 Å². The summed E-state index contributed by atoms with van der Waals surface area (Å²) in [5, 5.41) is 12.2. The molecule has 4 heteroatoms. The van der Waals surface area contributed by atoms with E-state index in [0.717, 1.165) is 15.9 Å². The Hall–Kier alpha value is -1.73. The molecule has 1 N–H and O–H groups in total. The first-order valence-electron chi connectivity index (χ1n) is 5.19. The van der Waals surface area contributed by atoms with Crippen molar-refractivity contribution in [3.05, 3.63) is 52.4 Å². The van der Waals surface area contributed by atoms with Crippen LogP contribution in [-0.2, 0) is 0 Å². The van der Waals surface area contributed by atoms with Crippen molar-refractivity contribution in [3.8, 4) is 6.07 Å². The number of nitriles is 1. The smallest absolute Gasteiger partial charge is 0.125 e. The summed E-state index contributed by atoms with van der Waals surface area (Å²) >= 11 is 3.38. The molecule has 0 aliphatic carbocycles. The highest BCUT2D eigenvalue weighted by molar-refractivity contribution is 9.10. The molecule has 1 unspecified atom stereocenters. The van der Waals surface area contributed by atoms with Crippen molar-refractivity contribution in [2.75, 3.05) is 5.32 Å². The molecule has 0 saturated heterocycles.